The van der Waals surface area contributed by atoms with Crippen molar-refractivity contribution in [2.45, 2.75) is 20.3 Å². The molecule has 0 saturated carbocycles. The van der Waals surface area contributed by atoms with Gasteiger partial charge >= 0.3 is 0 Å². The maximum absolute atomic E-state index is 4.92. The van der Waals surface area contributed by atoms with Crippen molar-refractivity contribution in [1.82, 2.24) is 25.1 Å². The zero-order valence-corrected chi connectivity index (χ0v) is 12.7. The zero-order chi connectivity index (χ0) is 15.2. The van der Waals surface area contributed by atoms with E-state index < -0.39 is 0 Å². The van der Waals surface area contributed by atoms with Crippen LogP contribution in [0.1, 0.15) is 18.6 Å². The predicted molar refractivity (Wildman–Crippen MR) is 79.5 cm³/mol. The molecule has 9 nitrogen and oxygen atoms in total. The van der Waals surface area contributed by atoms with Crippen LogP contribution in [0.5, 0.6) is 0 Å². The maximum Gasteiger partial charge on any atom is 0.231 e. The van der Waals surface area contributed by atoms with Crippen LogP contribution in [0.3, 0.4) is 0 Å². The lowest BCUT2D eigenvalue weighted by molar-refractivity contribution is 0.387. The molecule has 2 aromatic rings. The largest absolute Gasteiger partial charge is 0.354 e. The van der Waals surface area contributed by atoms with Gasteiger partial charge in [-0.2, -0.15) is 19.9 Å². The van der Waals surface area contributed by atoms with Crippen molar-refractivity contribution >= 4 is 17.8 Å². The Hall–Kier alpha value is -2.45. The van der Waals surface area contributed by atoms with Gasteiger partial charge < -0.3 is 20.1 Å². The Bertz CT molecular complexity index is 582. The van der Waals surface area contributed by atoms with E-state index in [4.69, 9.17) is 4.52 Å². The third kappa shape index (κ3) is 4.26. The van der Waals surface area contributed by atoms with Gasteiger partial charge in [-0.05, 0) is 6.92 Å². The highest BCUT2D eigenvalue weighted by Gasteiger charge is 2.08. The molecule has 2 N–H and O–H groups in total. The monoisotopic (exact) mass is 292 g/mol. The first-order valence-electron chi connectivity index (χ1n) is 6.78. The summed E-state index contributed by atoms with van der Waals surface area (Å²) in [4.78, 5) is 18.9. The SMILES string of the molecule is CCNc1nc(NCCc2noc(C)n2)nc(N(C)C)n1. The lowest BCUT2D eigenvalue weighted by Gasteiger charge is -2.13. The number of nitrogens with zero attached hydrogens (tertiary/aromatic N) is 6. The van der Waals surface area contributed by atoms with E-state index in [-0.39, 0.29) is 0 Å². The summed E-state index contributed by atoms with van der Waals surface area (Å²) in [5.41, 5.74) is 0. The Morgan fingerprint density at radius 3 is 2.33 bits per heavy atom. The van der Waals surface area contributed by atoms with Gasteiger partial charge in [-0.3, -0.25) is 0 Å². The molecule has 2 rings (SSSR count). The smallest absolute Gasteiger partial charge is 0.231 e. The lowest BCUT2D eigenvalue weighted by Crippen LogP contribution is -2.18. The van der Waals surface area contributed by atoms with Crippen molar-refractivity contribution in [3.8, 4) is 0 Å². The summed E-state index contributed by atoms with van der Waals surface area (Å²) in [5, 5.41) is 10.1. The molecule has 0 bridgehead atoms. The molecular formula is C12H20N8O. The fourth-order valence-electron chi connectivity index (χ4n) is 1.61. The minimum absolute atomic E-state index is 0.518. The van der Waals surface area contributed by atoms with Crippen molar-refractivity contribution in [2.24, 2.45) is 0 Å². The first-order chi connectivity index (χ1) is 10.1. The Morgan fingerprint density at radius 1 is 1.05 bits per heavy atom. The minimum Gasteiger partial charge on any atom is -0.354 e. The van der Waals surface area contributed by atoms with Gasteiger partial charge in [0, 0.05) is 40.5 Å². The predicted octanol–water partition coefficient (Wildman–Crippen LogP) is 0.715. The second-order valence-electron chi connectivity index (χ2n) is 4.61. The van der Waals surface area contributed by atoms with Gasteiger partial charge in [0.05, 0.1) is 0 Å². The van der Waals surface area contributed by atoms with Gasteiger partial charge in [-0.1, -0.05) is 5.16 Å². The Kier molecular flexibility index (Phi) is 4.85. The van der Waals surface area contributed by atoms with Crippen LogP contribution in [0.4, 0.5) is 17.8 Å². The molecule has 0 fully saturated rings. The highest BCUT2D eigenvalue weighted by Crippen LogP contribution is 2.11. The van der Waals surface area contributed by atoms with E-state index in [0.717, 1.165) is 6.54 Å². The Labute approximate surface area is 123 Å². The summed E-state index contributed by atoms with van der Waals surface area (Å²) >= 11 is 0. The second kappa shape index (κ2) is 6.82. The molecule has 0 aliphatic heterocycles. The molecule has 2 aromatic heterocycles. The van der Waals surface area contributed by atoms with Crippen LogP contribution >= 0.6 is 0 Å². The third-order valence-corrected chi connectivity index (χ3v) is 2.56. The maximum atomic E-state index is 4.92. The fraction of sp³-hybridized carbons (Fsp3) is 0.583. The van der Waals surface area contributed by atoms with E-state index in [1.54, 1.807) is 6.92 Å². The van der Waals surface area contributed by atoms with Crippen LogP contribution < -0.4 is 15.5 Å². The van der Waals surface area contributed by atoms with Crippen molar-refractivity contribution in [3.63, 3.8) is 0 Å². The molecule has 21 heavy (non-hydrogen) atoms. The normalized spacial score (nSPS) is 10.5. The standard InChI is InChI=1S/C12H20N8O/c1-5-13-10-16-11(18-12(17-10)20(3)4)14-7-6-9-15-8(2)21-19-9/h5-7H2,1-4H3,(H2,13,14,16,17,18). The molecule has 0 aromatic carbocycles. The van der Waals surface area contributed by atoms with E-state index >= 15 is 0 Å². The third-order valence-electron chi connectivity index (χ3n) is 2.56. The van der Waals surface area contributed by atoms with Crippen LogP contribution in [0, 0.1) is 6.92 Å². The summed E-state index contributed by atoms with van der Waals surface area (Å²) < 4.78 is 4.92. The highest BCUT2D eigenvalue weighted by atomic mass is 16.5. The molecule has 0 aliphatic carbocycles. The molecule has 0 unspecified atom stereocenters. The van der Waals surface area contributed by atoms with E-state index in [0.29, 0.717) is 42.5 Å². The number of anilines is 3. The first-order valence-corrected chi connectivity index (χ1v) is 6.78. The topological polar surface area (TPSA) is 105 Å². The molecule has 0 spiro atoms. The van der Waals surface area contributed by atoms with Crippen molar-refractivity contribution in [1.29, 1.82) is 0 Å². The number of rotatable bonds is 7. The van der Waals surface area contributed by atoms with E-state index in [2.05, 4.69) is 35.7 Å². The average molecular weight is 292 g/mol. The van der Waals surface area contributed by atoms with E-state index in [1.807, 2.05) is 25.9 Å². The summed E-state index contributed by atoms with van der Waals surface area (Å²) in [7, 11) is 3.77. The fourth-order valence-corrected chi connectivity index (χ4v) is 1.61. The van der Waals surface area contributed by atoms with Crippen molar-refractivity contribution in [2.75, 3.05) is 42.7 Å². The molecule has 0 atom stereocenters. The van der Waals surface area contributed by atoms with Gasteiger partial charge in [-0.25, -0.2) is 0 Å². The molecule has 0 saturated heterocycles. The van der Waals surface area contributed by atoms with Gasteiger partial charge in [0.15, 0.2) is 5.82 Å². The van der Waals surface area contributed by atoms with Crippen LogP contribution in [0.15, 0.2) is 4.52 Å². The van der Waals surface area contributed by atoms with Gasteiger partial charge in [0.2, 0.25) is 23.7 Å². The summed E-state index contributed by atoms with van der Waals surface area (Å²) in [6, 6.07) is 0. The van der Waals surface area contributed by atoms with Crippen LogP contribution in [-0.4, -0.2) is 52.3 Å². The summed E-state index contributed by atoms with van der Waals surface area (Å²) in [6.07, 6.45) is 0.636. The number of hydrogen-bond donors (Lipinski definition) is 2. The van der Waals surface area contributed by atoms with E-state index in [9.17, 15) is 0 Å². The molecule has 0 radical (unpaired) electrons. The van der Waals surface area contributed by atoms with Crippen molar-refractivity contribution in [3.05, 3.63) is 11.7 Å². The zero-order valence-electron chi connectivity index (χ0n) is 12.7. The second-order valence-corrected chi connectivity index (χ2v) is 4.61. The van der Waals surface area contributed by atoms with E-state index in [1.165, 1.54) is 0 Å². The van der Waals surface area contributed by atoms with Gasteiger partial charge in [0.25, 0.3) is 0 Å². The first kappa shape index (κ1) is 14.9. The number of aryl methyl sites for hydroxylation is 1. The molecule has 2 heterocycles. The molecule has 9 heteroatoms. The summed E-state index contributed by atoms with van der Waals surface area (Å²) in [6.45, 7) is 5.12. The number of aromatic nitrogens is 5. The van der Waals surface area contributed by atoms with Gasteiger partial charge in [0.1, 0.15) is 0 Å². The minimum atomic E-state index is 0.518. The van der Waals surface area contributed by atoms with Crippen LogP contribution in [-0.2, 0) is 6.42 Å². The average Bonchev–Trinajstić information content (AvgIpc) is 2.84. The molecule has 0 amide bonds. The molecule has 0 aliphatic rings. The van der Waals surface area contributed by atoms with Gasteiger partial charge in [-0.15, -0.1) is 0 Å². The lowest BCUT2D eigenvalue weighted by atomic mass is 10.4. The number of nitrogens with one attached hydrogen (secondary N) is 2. The van der Waals surface area contributed by atoms with Crippen LogP contribution in [0.2, 0.25) is 0 Å². The highest BCUT2D eigenvalue weighted by molar-refractivity contribution is 5.42. The number of hydrogen-bond acceptors (Lipinski definition) is 9. The van der Waals surface area contributed by atoms with Crippen molar-refractivity contribution < 1.29 is 4.52 Å². The summed E-state index contributed by atoms with van der Waals surface area (Å²) in [5.74, 6) is 2.89. The Balaban J connectivity index is 2.00. The van der Waals surface area contributed by atoms with Crippen LogP contribution in [0.25, 0.3) is 0 Å². The quantitative estimate of drug-likeness (QED) is 0.763. The Morgan fingerprint density at radius 2 is 1.76 bits per heavy atom. The molecular weight excluding hydrogens is 272 g/mol. The molecule has 114 valence electrons.